The Balaban J connectivity index is 0.00000256. The summed E-state index contributed by atoms with van der Waals surface area (Å²) in [5.41, 5.74) is 5.85. The molecule has 1 atom stereocenters. The van der Waals surface area contributed by atoms with Crippen LogP contribution in [0, 0.1) is 0 Å². The second kappa shape index (κ2) is 10.0. The zero-order valence-corrected chi connectivity index (χ0v) is 12.1. The third kappa shape index (κ3) is 7.17. The molecule has 0 bridgehead atoms. The number of nitrogens with two attached hydrogens (primary N) is 1. The van der Waals surface area contributed by atoms with Crippen molar-refractivity contribution < 1.29 is 4.79 Å². The predicted octanol–water partition coefficient (Wildman–Crippen LogP) is 2.28. The van der Waals surface area contributed by atoms with Gasteiger partial charge in [0, 0.05) is 6.04 Å². The molecule has 0 heterocycles. The summed E-state index contributed by atoms with van der Waals surface area (Å²) in [6.45, 7) is 0. The molecule has 1 amide bonds. The molecule has 0 aliphatic heterocycles. The number of halogens is 1. The van der Waals surface area contributed by atoms with Crippen LogP contribution in [0.4, 0.5) is 0 Å². The Morgan fingerprint density at radius 1 is 1.29 bits per heavy atom. The molecule has 0 spiro atoms. The van der Waals surface area contributed by atoms with Crippen LogP contribution in [0.25, 0.3) is 0 Å². The fourth-order valence-electron chi connectivity index (χ4n) is 2.16. The van der Waals surface area contributed by atoms with Gasteiger partial charge in [0.25, 0.3) is 0 Å². The van der Waals surface area contributed by atoms with E-state index in [-0.39, 0.29) is 24.4 Å². The molecule has 5 heteroatoms. The van der Waals surface area contributed by atoms with Gasteiger partial charge in [0.05, 0.1) is 6.04 Å². The first-order chi connectivity index (χ1) is 7.74. The zero-order valence-electron chi connectivity index (χ0n) is 10.4. The van der Waals surface area contributed by atoms with Gasteiger partial charge in [-0.2, -0.15) is 12.6 Å². The number of carbonyl (C=O) groups excluding carboxylic acids is 1. The Hall–Kier alpha value is 0.0700. The molecule has 1 fully saturated rings. The van der Waals surface area contributed by atoms with Crippen LogP contribution < -0.4 is 11.1 Å². The minimum atomic E-state index is -0.319. The van der Waals surface area contributed by atoms with Crippen molar-refractivity contribution in [3.63, 3.8) is 0 Å². The highest BCUT2D eigenvalue weighted by molar-refractivity contribution is 7.80. The largest absolute Gasteiger partial charge is 0.352 e. The first-order valence-electron chi connectivity index (χ1n) is 6.41. The van der Waals surface area contributed by atoms with Crippen LogP contribution in [0.15, 0.2) is 0 Å². The summed E-state index contributed by atoms with van der Waals surface area (Å²) in [5.74, 6) is 0.960. The number of unbranched alkanes of at least 4 members (excludes halogenated alkanes) is 2. The first-order valence-corrected chi connectivity index (χ1v) is 7.04. The maximum Gasteiger partial charge on any atom is 0.237 e. The monoisotopic (exact) mass is 280 g/mol. The van der Waals surface area contributed by atoms with Crippen molar-refractivity contribution in [1.29, 1.82) is 0 Å². The number of hydrogen-bond donors (Lipinski definition) is 3. The lowest BCUT2D eigenvalue weighted by molar-refractivity contribution is -0.123. The van der Waals surface area contributed by atoms with Crippen molar-refractivity contribution in [1.82, 2.24) is 5.32 Å². The Bertz CT molecular complexity index is 211. The Morgan fingerprint density at radius 2 is 1.94 bits per heavy atom. The van der Waals surface area contributed by atoms with Gasteiger partial charge in [-0.15, -0.1) is 12.4 Å². The average molecular weight is 281 g/mol. The Labute approximate surface area is 116 Å². The number of rotatable bonds is 7. The van der Waals surface area contributed by atoms with Gasteiger partial charge in [0.1, 0.15) is 0 Å². The molecule has 3 nitrogen and oxygen atoms in total. The summed E-state index contributed by atoms with van der Waals surface area (Å²) >= 11 is 4.15. The Kier molecular flexibility index (Phi) is 10.1. The van der Waals surface area contributed by atoms with E-state index in [9.17, 15) is 4.79 Å². The maximum absolute atomic E-state index is 11.7. The van der Waals surface area contributed by atoms with Crippen LogP contribution in [0.2, 0.25) is 0 Å². The van der Waals surface area contributed by atoms with E-state index in [0.717, 1.165) is 44.3 Å². The van der Waals surface area contributed by atoms with E-state index in [1.54, 1.807) is 0 Å². The summed E-state index contributed by atoms with van der Waals surface area (Å²) in [6.07, 6.45) is 8.78. The number of thiol groups is 1. The smallest absolute Gasteiger partial charge is 0.237 e. The molecule has 1 aliphatic rings. The van der Waals surface area contributed by atoms with E-state index < -0.39 is 0 Å². The molecule has 0 aromatic carbocycles. The van der Waals surface area contributed by atoms with Gasteiger partial charge in [0.2, 0.25) is 5.91 Å². The van der Waals surface area contributed by atoms with E-state index >= 15 is 0 Å². The molecule has 0 radical (unpaired) electrons. The van der Waals surface area contributed by atoms with Gasteiger partial charge in [-0.1, -0.05) is 25.7 Å². The van der Waals surface area contributed by atoms with Gasteiger partial charge in [-0.25, -0.2) is 0 Å². The van der Waals surface area contributed by atoms with E-state index in [1.165, 1.54) is 12.8 Å². The van der Waals surface area contributed by atoms with Gasteiger partial charge < -0.3 is 11.1 Å². The van der Waals surface area contributed by atoms with Crippen molar-refractivity contribution in [2.75, 3.05) is 5.75 Å². The van der Waals surface area contributed by atoms with E-state index in [1.807, 2.05) is 0 Å². The molecule has 1 rings (SSSR count). The van der Waals surface area contributed by atoms with Crippen molar-refractivity contribution in [2.45, 2.75) is 63.5 Å². The van der Waals surface area contributed by atoms with Gasteiger partial charge in [0.15, 0.2) is 0 Å². The molecule has 0 aromatic heterocycles. The number of nitrogens with one attached hydrogen (secondary N) is 1. The quantitative estimate of drug-likeness (QED) is 0.495. The molecular weight excluding hydrogens is 256 g/mol. The lowest BCUT2D eigenvalue weighted by Crippen LogP contribution is -2.44. The lowest BCUT2D eigenvalue weighted by atomic mass is 10.1. The van der Waals surface area contributed by atoms with Crippen LogP contribution in [0.5, 0.6) is 0 Å². The molecule has 1 saturated carbocycles. The number of amides is 1. The van der Waals surface area contributed by atoms with Crippen molar-refractivity contribution in [3.05, 3.63) is 0 Å². The topological polar surface area (TPSA) is 55.1 Å². The van der Waals surface area contributed by atoms with Crippen LogP contribution in [-0.4, -0.2) is 23.7 Å². The normalized spacial score (nSPS) is 17.5. The highest BCUT2D eigenvalue weighted by Gasteiger charge is 2.20. The SMILES string of the molecule is Cl.N[C@@H](CCCCCS)C(=O)NC1CCCC1. The van der Waals surface area contributed by atoms with Gasteiger partial charge in [-0.05, 0) is 31.4 Å². The molecule has 102 valence electrons. The van der Waals surface area contributed by atoms with Gasteiger partial charge in [-0.3, -0.25) is 4.79 Å². The lowest BCUT2D eigenvalue weighted by Gasteiger charge is -2.16. The summed E-state index contributed by atoms with van der Waals surface area (Å²) in [6, 6.07) is 0.0662. The third-order valence-corrected chi connectivity index (χ3v) is 3.53. The van der Waals surface area contributed by atoms with Crippen LogP contribution in [0.3, 0.4) is 0 Å². The predicted molar refractivity (Wildman–Crippen MR) is 77.9 cm³/mol. The Morgan fingerprint density at radius 3 is 2.53 bits per heavy atom. The summed E-state index contributed by atoms with van der Waals surface area (Å²) in [4.78, 5) is 11.7. The fraction of sp³-hybridized carbons (Fsp3) is 0.917. The summed E-state index contributed by atoms with van der Waals surface area (Å²) in [7, 11) is 0. The van der Waals surface area contributed by atoms with Gasteiger partial charge >= 0.3 is 0 Å². The zero-order chi connectivity index (χ0) is 11.8. The summed E-state index contributed by atoms with van der Waals surface area (Å²) < 4.78 is 0. The maximum atomic E-state index is 11.7. The first kappa shape index (κ1) is 17.1. The highest BCUT2D eigenvalue weighted by atomic mass is 35.5. The average Bonchev–Trinajstić information content (AvgIpc) is 2.76. The molecular formula is C12H25ClN2OS. The van der Waals surface area contributed by atoms with E-state index in [0.29, 0.717) is 6.04 Å². The minimum absolute atomic E-state index is 0. The molecule has 17 heavy (non-hydrogen) atoms. The molecule has 0 aromatic rings. The van der Waals surface area contributed by atoms with E-state index in [4.69, 9.17) is 5.73 Å². The number of hydrogen-bond acceptors (Lipinski definition) is 3. The van der Waals surface area contributed by atoms with E-state index in [2.05, 4.69) is 17.9 Å². The van der Waals surface area contributed by atoms with Crippen molar-refractivity contribution in [2.24, 2.45) is 5.73 Å². The third-order valence-electron chi connectivity index (χ3n) is 3.21. The summed E-state index contributed by atoms with van der Waals surface area (Å²) in [5, 5.41) is 3.04. The molecule has 3 N–H and O–H groups in total. The second-order valence-corrected chi connectivity index (χ2v) is 5.12. The minimum Gasteiger partial charge on any atom is -0.352 e. The van der Waals surface area contributed by atoms with Crippen molar-refractivity contribution >= 4 is 30.9 Å². The highest BCUT2D eigenvalue weighted by Crippen LogP contribution is 2.17. The standard InChI is InChI=1S/C12H24N2OS.ClH/c13-11(8-2-1-5-9-16)12(15)14-10-6-3-4-7-10;/h10-11,16H,1-9,13H2,(H,14,15);1H/t11-;/m0./s1. The van der Waals surface area contributed by atoms with Crippen LogP contribution in [0.1, 0.15) is 51.4 Å². The molecule has 0 saturated heterocycles. The molecule has 1 aliphatic carbocycles. The molecule has 0 unspecified atom stereocenters. The fourth-order valence-corrected chi connectivity index (χ4v) is 2.39. The van der Waals surface area contributed by atoms with Crippen molar-refractivity contribution in [3.8, 4) is 0 Å². The van der Waals surface area contributed by atoms with Crippen LogP contribution in [-0.2, 0) is 4.79 Å². The second-order valence-electron chi connectivity index (χ2n) is 4.67. The number of carbonyl (C=O) groups is 1. The van der Waals surface area contributed by atoms with Crippen LogP contribution >= 0.6 is 25.0 Å².